The maximum atomic E-state index is 13.1. The van der Waals surface area contributed by atoms with Gasteiger partial charge in [0.1, 0.15) is 0 Å². The molecule has 1 heterocycles. The van der Waals surface area contributed by atoms with Crippen LogP contribution in [0.3, 0.4) is 0 Å². The molecule has 0 saturated heterocycles. The van der Waals surface area contributed by atoms with Gasteiger partial charge in [-0.3, -0.25) is 9.78 Å². The number of aliphatic hydroxyl groups is 1. The fourth-order valence-electron chi connectivity index (χ4n) is 2.46. The molecular weight excluding hydrogens is 433 g/mol. The summed E-state index contributed by atoms with van der Waals surface area (Å²) in [7, 11) is 0. The summed E-state index contributed by atoms with van der Waals surface area (Å²) in [5.74, 6) is -1.33. The molecule has 2 aromatic carbocycles. The monoisotopic (exact) mass is 446 g/mol. The number of azo groups is 1. The first-order valence-electron chi connectivity index (χ1n) is 8.74. The number of hydrogen-bond donors (Lipinski definition) is 2. The Kier molecular flexibility index (Phi) is 6.66. The van der Waals surface area contributed by atoms with Crippen LogP contribution < -0.4 is 5.32 Å². The highest BCUT2D eigenvalue weighted by atomic mass is 35.5. The Morgan fingerprint density at radius 1 is 1.06 bits per heavy atom. The number of nitrogens with zero attached hydrogens (tertiary/aromatic N) is 3. The maximum absolute atomic E-state index is 13.1. The number of halogens is 4. The summed E-state index contributed by atoms with van der Waals surface area (Å²) in [5.41, 5.74) is -1.21. The van der Waals surface area contributed by atoms with Crippen LogP contribution in [0.2, 0.25) is 5.02 Å². The number of hydrogen-bond acceptors (Lipinski definition) is 5. The summed E-state index contributed by atoms with van der Waals surface area (Å²) in [5, 5.41) is 20.0. The minimum absolute atomic E-state index is 0.204. The SMILES string of the molecule is O=C(Nc1cccnc1)/C(N=Nc1ccc(Cl)c(C(F)(F)F)c1)=C(/O)c1ccccc1. The predicted octanol–water partition coefficient (Wildman–Crippen LogP) is 6.40. The van der Waals surface area contributed by atoms with Crippen molar-refractivity contribution in [3.05, 3.63) is 94.9 Å². The number of alkyl halides is 3. The number of nitrogens with one attached hydrogen (secondary N) is 1. The number of carbonyl (C=O) groups is 1. The highest BCUT2D eigenvalue weighted by Crippen LogP contribution is 2.37. The lowest BCUT2D eigenvalue weighted by atomic mass is 10.1. The lowest BCUT2D eigenvalue weighted by Crippen LogP contribution is -2.15. The van der Waals surface area contributed by atoms with Crippen LogP contribution in [-0.2, 0) is 11.0 Å². The van der Waals surface area contributed by atoms with Gasteiger partial charge < -0.3 is 10.4 Å². The fraction of sp³-hybridized carbons (Fsp3) is 0.0476. The van der Waals surface area contributed by atoms with Crippen LogP contribution >= 0.6 is 11.6 Å². The molecule has 0 fully saturated rings. The van der Waals surface area contributed by atoms with Crippen molar-refractivity contribution in [2.24, 2.45) is 10.2 Å². The smallest absolute Gasteiger partial charge is 0.417 e. The molecule has 1 aromatic heterocycles. The van der Waals surface area contributed by atoms with Crippen molar-refractivity contribution in [3.63, 3.8) is 0 Å². The molecule has 0 aliphatic carbocycles. The van der Waals surface area contributed by atoms with E-state index in [2.05, 4.69) is 20.5 Å². The van der Waals surface area contributed by atoms with Crippen LogP contribution in [0.25, 0.3) is 5.76 Å². The Balaban J connectivity index is 2.00. The van der Waals surface area contributed by atoms with Gasteiger partial charge in [-0.15, -0.1) is 5.11 Å². The van der Waals surface area contributed by atoms with E-state index in [0.29, 0.717) is 11.8 Å². The van der Waals surface area contributed by atoms with Gasteiger partial charge in [0.05, 0.1) is 28.2 Å². The molecule has 0 aliphatic rings. The van der Waals surface area contributed by atoms with Crippen LogP contribution in [0.4, 0.5) is 24.5 Å². The molecule has 10 heteroatoms. The third-order valence-electron chi connectivity index (χ3n) is 3.93. The van der Waals surface area contributed by atoms with Gasteiger partial charge in [-0.25, -0.2) is 0 Å². The number of carbonyl (C=O) groups excluding carboxylic acids is 1. The van der Waals surface area contributed by atoms with E-state index >= 15 is 0 Å². The van der Waals surface area contributed by atoms with Crippen LogP contribution in [-0.4, -0.2) is 16.0 Å². The molecule has 0 spiro atoms. The lowest BCUT2D eigenvalue weighted by molar-refractivity contribution is -0.137. The second-order valence-corrected chi connectivity index (χ2v) is 6.53. The Hall–Kier alpha value is -3.72. The van der Waals surface area contributed by atoms with Crippen molar-refractivity contribution in [3.8, 4) is 0 Å². The third kappa shape index (κ3) is 5.67. The first kappa shape index (κ1) is 22.0. The van der Waals surface area contributed by atoms with E-state index in [0.717, 1.165) is 6.07 Å². The van der Waals surface area contributed by atoms with Crippen LogP contribution in [0.1, 0.15) is 11.1 Å². The van der Waals surface area contributed by atoms with E-state index in [-0.39, 0.29) is 11.3 Å². The van der Waals surface area contributed by atoms with E-state index in [9.17, 15) is 23.1 Å². The van der Waals surface area contributed by atoms with E-state index < -0.39 is 34.1 Å². The van der Waals surface area contributed by atoms with Crippen molar-refractivity contribution in [2.75, 3.05) is 5.32 Å². The minimum Gasteiger partial charge on any atom is -0.505 e. The Bertz CT molecular complexity index is 1130. The molecule has 0 unspecified atom stereocenters. The zero-order valence-corrected chi connectivity index (χ0v) is 16.4. The Morgan fingerprint density at radius 3 is 2.45 bits per heavy atom. The number of pyridine rings is 1. The van der Waals surface area contributed by atoms with E-state index in [1.165, 1.54) is 30.6 Å². The molecule has 2 N–H and O–H groups in total. The second-order valence-electron chi connectivity index (χ2n) is 6.12. The lowest BCUT2D eigenvalue weighted by Gasteiger charge is -2.09. The molecule has 0 atom stereocenters. The minimum atomic E-state index is -4.69. The molecule has 0 aliphatic heterocycles. The maximum Gasteiger partial charge on any atom is 0.417 e. The average molecular weight is 447 g/mol. The molecule has 3 aromatic rings. The second kappa shape index (κ2) is 9.40. The Morgan fingerprint density at radius 2 is 1.81 bits per heavy atom. The molecule has 0 saturated carbocycles. The zero-order valence-electron chi connectivity index (χ0n) is 15.6. The molecule has 1 amide bonds. The number of rotatable bonds is 5. The average Bonchev–Trinajstić information content (AvgIpc) is 2.75. The summed E-state index contributed by atoms with van der Waals surface area (Å²) in [6.07, 6.45) is -1.81. The summed E-state index contributed by atoms with van der Waals surface area (Å²) in [6.45, 7) is 0. The van der Waals surface area contributed by atoms with Crippen molar-refractivity contribution < 1.29 is 23.1 Å². The first-order valence-corrected chi connectivity index (χ1v) is 9.12. The van der Waals surface area contributed by atoms with Crippen molar-refractivity contribution >= 4 is 34.6 Å². The van der Waals surface area contributed by atoms with Crippen molar-refractivity contribution in [1.29, 1.82) is 0 Å². The largest absolute Gasteiger partial charge is 0.505 e. The Labute approximate surface area is 179 Å². The number of aliphatic hydroxyl groups excluding tert-OH is 1. The molecule has 0 bridgehead atoms. The highest BCUT2D eigenvalue weighted by molar-refractivity contribution is 6.31. The summed E-state index contributed by atoms with van der Waals surface area (Å²) in [4.78, 5) is 16.6. The molecule has 31 heavy (non-hydrogen) atoms. The predicted molar refractivity (Wildman–Crippen MR) is 110 cm³/mol. The fourth-order valence-corrected chi connectivity index (χ4v) is 2.69. The summed E-state index contributed by atoms with van der Waals surface area (Å²) >= 11 is 5.60. The van der Waals surface area contributed by atoms with Gasteiger partial charge in [0.2, 0.25) is 0 Å². The van der Waals surface area contributed by atoms with Gasteiger partial charge in [0.25, 0.3) is 5.91 Å². The number of benzene rings is 2. The summed E-state index contributed by atoms with van der Waals surface area (Å²) < 4.78 is 39.2. The van der Waals surface area contributed by atoms with Crippen molar-refractivity contribution in [2.45, 2.75) is 6.18 Å². The van der Waals surface area contributed by atoms with Gasteiger partial charge in [-0.2, -0.15) is 18.3 Å². The van der Waals surface area contributed by atoms with Crippen LogP contribution in [0, 0.1) is 0 Å². The number of anilines is 1. The zero-order chi connectivity index (χ0) is 22.4. The van der Waals surface area contributed by atoms with Gasteiger partial charge in [0, 0.05) is 11.8 Å². The molecule has 3 rings (SSSR count). The third-order valence-corrected chi connectivity index (χ3v) is 4.26. The van der Waals surface area contributed by atoms with Gasteiger partial charge in [-0.1, -0.05) is 41.9 Å². The number of aromatic nitrogens is 1. The van der Waals surface area contributed by atoms with Gasteiger partial charge in [0.15, 0.2) is 11.5 Å². The molecule has 6 nitrogen and oxygen atoms in total. The van der Waals surface area contributed by atoms with E-state index in [4.69, 9.17) is 11.6 Å². The molecule has 0 radical (unpaired) electrons. The normalized spacial score (nSPS) is 12.5. The van der Waals surface area contributed by atoms with Crippen LogP contribution in [0.5, 0.6) is 0 Å². The molecule has 158 valence electrons. The standard InChI is InChI=1S/C21H14ClF3N4O2/c22-17-9-8-14(11-16(17)21(23,24)25)28-29-18(19(30)13-5-2-1-3-6-13)20(31)27-15-7-4-10-26-12-15/h1-12,30H,(H,27,31)/b19-18-,29-28?. The van der Waals surface area contributed by atoms with E-state index in [1.807, 2.05) is 0 Å². The first-order chi connectivity index (χ1) is 14.8. The quantitative estimate of drug-likeness (QED) is 0.270. The van der Waals surface area contributed by atoms with Gasteiger partial charge >= 0.3 is 6.18 Å². The number of amides is 1. The van der Waals surface area contributed by atoms with Crippen LogP contribution in [0.15, 0.2) is 89.0 Å². The van der Waals surface area contributed by atoms with E-state index in [1.54, 1.807) is 30.3 Å². The summed E-state index contributed by atoms with van der Waals surface area (Å²) in [6, 6.07) is 14.1. The van der Waals surface area contributed by atoms with Crippen molar-refractivity contribution in [1.82, 2.24) is 4.98 Å². The topological polar surface area (TPSA) is 86.9 Å². The van der Waals surface area contributed by atoms with Gasteiger partial charge in [-0.05, 0) is 30.3 Å². The molecular formula is C21H14ClF3N4O2. The highest BCUT2D eigenvalue weighted by Gasteiger charge is 2.33.